The van der Waals surface area contributed by atoms with E-state index in [1.807, 2.05) is 4.72 Å². The summed E-state index contributed by atoms with van der Waals surface area (Å²) in [7, 11) is -2.76. The van der Waals surface area contributed by atoms with Crippen LogP contribution >= 0.6 is 0 Å². The lowest BCUT2D eigenvalue weighted by atomic mass is 10.2. The first-order valence-electron chi connectivity index (χ1n) is 6.16. The number of anilines is 1. The highest BCUT2D eigenvalue weighted by Crippen LogP contribution is 2.32. The van der Waals surface area contributed by atoms with Crippen molar-refractivity contribution in [2.24, 2.45) is 0 Å². The van der Waals surface area contributed by atoms with Gasteiger partial charge in [-0.3, -0.25) is 4.72 Å². The molecule has 0 atom stereocenters. The van der Waals surface area contributed by atoms with Crippen molar-refractivity contribution in [2.45, 2.75) is 11.1 Å². The van der Waals surface area contributed by atoms with E-state index >= 15 is 0 Å². The summed E-state index contributed by atoms with van der Waals surface area (Å²) in [5.41, 5.74) is -1.81. The largest absolute Gasteiger partial charge is 0.497 e. The van der Waals surface area contributed by atoms with E-state index in [1.54, 1.807) is 0 Å². The van der Waals surface area contributed by atoms with Gasteiger partial charge in [0.25, 0.3) is 10.0 Å². The third-order valence-electron chi connectivity index (χ3n) is 2.85. The van der Waals surface area contributed by atoms with Crippen LogP contribution in [0.4, 0.5) is 23.2 Å². The van der Waals surface area contributed by atoms with Gasteiger partial charge in [-0.2, -0.15) is 13.2 Å². The Morgan fingerprint density at radius 3 is 2.17 bits per heavy atom. The van der Waals surface area contributed by atoms with Crippen molar-refractivity contribution in [1.29, 1.82) is 0 Å². The molecule has 1 N–H and O–H groups in total. The Bertz CT molecular complexity index is 802. The van der Waals surface area contributed by atoms with Gasteiger partial charge >= 0.3 is 6.18 Å². The van der Waals surface area contributed by atoms with E-state index in [4.69, 9.17) is 4.74 Å². The van der Waals surface area contributed by atoms with Crippen LogP contribution in [0.3, 0.4) is 0 Å². The summed E-state index contributed by atoms with van der Waals surface area (Å²) < 4.78 is 82.2. The molecule has 0 aliphatic rings. The molecule has 0 fully saturated rings. The molecule has 2 aromatic carbocycles. The molecule has 124 valence electrons. The normalized spacial score (nSPS) is 12.0. The van der Waals surface area contributed by atoms with Crippen LogP contribution in [0, 0.1) is 5.82 Å². The summed E-state index contributed by atoms with van der Waals surface area (Å²) in [6, 6.07) is 6.64. The molecule has 0 radical (unpaired) electrons. The first kappa shape index (κ1) is 17.1. The lowest BCUT2D eigenvalue weighted by Gasteiger charge is -2.12. The second kappa shape index (κ2) is 6.07. The van der Waals surface area contributed by atoms with Gasteiger partial charge in [0, 0.05) is 0 Å². The zero-order valence-electron chi connectivity index (χ0n) is 11.7. The molecule has 0 aliphatic heterocycles. The van der Waals surface area contributed by atoms with Crippen LogP contribution in [-0.4, -0.2) is 15.5 Å². The highest BCUT2D eigenvalue weighted by molar-refractivity contribution is 7.92. The second-order valence-corrected chi connectivity index (χ2v) is 6.19. The number of rotatable bonds is 4. The Labute approximate surface area is 129 Å². The highest BCUT2D eigenvalue weighted by Gasteiger charge is 2.31. The van der Waals surface area contributed by atoms with E-state index in [1.165, 1.54) is 31.4 Å². The van der Waals surface area contributed by atoms with Crippen LogP contribution in [0.25, 0.3) is 0 Å². The van der Waals surface area contributed by atoms with Crippen molar-refractivity contribution in [3.63, 3.8) is 0 Å². The van der Waals surface area contributed by atoms with E-state index in [-0.39, 0.29) is 11.0 Å². The summed E-state index contributed by atoms with van der Waals surface area (Å²) in [5.74, 6) is -0.790. The predicted octanol–water partition coefficient (Wildman–Crippen LogP) is 3.65. The van der Waals surface area contributed by atoms with E-state index in [0.29, 0.717) is 17.9 Å². The number of hydrogen-bond donors (Lipinski definition) is 1. The monoisotopic (exact) mass is 349 g/mol. The van der Waals surface area contributed by atoms with Gasteiger partial charge in [-0.25, -0.2) is 12.8 Å². The number of halogens is 4. The average Bonchev–Trinajstić information content (AvgIpc) is 2.45. The molecule has 23 heavy (non-hydrogen) atoms. The molecule has 0 saturated carbocycles. The van der Waals surface area contributed by atoms with Gasteiger partial charge < -0.3 is 4.74 Å². The Kier molecular flexibility index (Phi) is 4.51. The summed E-state index contributed by atoms with van der Waals surface area (Å²) in [4.78, 5) is -0.198. The number of methoxy groups -OCH3 is 1. The fraction of sp³-hybridized carbons (Fsp3) is 0.143. The van der Waals surface area contributed by atoms with Gasteiger partial charge in [0.05, 0.1) is 23.3 Å². The number of alkyl halides is 3. The smallest absolute Gasteiger partial charge is 0.416 e. The molecular formula is C14H11F4NO3S. The molecule has 2 rings (SSSR count). The maximum Gasteiger partial charge on any atom is 0.416 e. The molecule has 0 bridgehead atoms. The topological polar surface area (TPSA) is 55.4 Å². The molecule has 4 nitrogen and oxygen atoms in total. The minimum Gasteiger partial charge on any atom is -0.497 e. The summed E-state index contributed by atoms with van der Waals surface area (Å²) in [5, 5.41) is 0. The van der Waals surface area contributed by atoms with Crippen LogP contribution in [-0.2, 0) is 16.2 Å². The van der Waals surface area contributed by atoms with Crippen LogP contribution in [0.5, 0.6) is 5.75 Å². The average molecular weight is 349 g/mol. The molecule has 0 saturated heterocycles. The fourth-order valence-electron chi connectivity index (χ4n) is 1.78. The Hall–Kier alpha value is -2.29. The molecule has 0 aromatic heterocycles. The van der Waals surface area contributed by atoms with Gasteiger partial charge in [0.1, 0.15) is 11.6 Å². The van der Waals surface area contributed by atoms with Crippen LogP contribution in [0.1, 0.15) is 5.56 Å². The summed E-state index contributed by atoms with van der Waals surface area (Å²) in [6.45, 7) is 0. The molecule has 9 heteroatoms. The van der Waals surface area contributed by atoms with E-state index in [9.17, 15) is 26.0 Å². The molecule has 0 heterocycles. The highest BCUT2D eigenvalue weighted by atomic mass is 32.2. The molecule has 0 spiro atoms. The molecule has 0 aliphatic carbocycles. The first-order valence-corrected chi connectivity index (χ1v) is 7.65. The third kappa shape index (κ3) is 4.13. The van der Waals surface area contributed by atoms with E-state index in [2.05, 4.69) is 0 Å². The third-order valence-corrected chi connectivity index (χ3v) is 4.24. The minimum atomic E-state index is -4.79. The Morgan fingerprint density at radius 1 is 1.04 bits per heavy atom. The van der Waals surface area contributed by atoms with Gasteiger partial charge in [0.2, 0.25) is 0 Å². The minimum absolute atomic E-state index is 0.198. The maximum absolute atomic E-state index is 13.3. The quantitative estimate of drug-likeness (QED) is 0.857. The lowest BCUT2D eigenvalue weighted by molar-refractivity contribution is -0.137. The van der Waals surface area contributed by atoms with Gasteiger partial charge in [0.15, 0.2) is 0 Å². The van der Waals surface area contributed by atoms with Crippen molar-refractivity contribution in [2.75, 3.05) is 11.8 Å². The standard InChI is InChI=1S/C14H11F4NO3S/c1-22-12-2-4-13(5-3-12)23(20,21)19-11-7-9(14(16,17)18)6-10(15)8-11/h2-8,19H,1H3. The van der Waals surface area contributed by atoms with E-state index < -0.39 is 33.3 Å². The van der Waals surface area contributed by atoms with Crippen LogP contribution in [0.15, 0.2) is 47.4 Å². The number of hydrogen-bond acceptors (Lipinski definition) is 3. The number of benzene rings is 2. The van der Waals surface area contributed by atoms with E-state index in [0.717, 1.165) is 0 Å². The first-order chi connectivity index (χ1) is 10.6. The van der Waals surface area contributed by atoms with Crippen molar-refractivity contribution in [3.8, 4) is 5.75 Å². The van der Waals surface area contributed by atoms with Crippen molar-refractivity contribution in [1.82, 2.24) is 0 Å². The second-order valence-electron chi connectivity index (χ2n) is 4.51. The van der Waals surface area contributed by atoms with Gasteiger partial charge in [-0.1, -0.05) is 0 Å². The summed E-state index contributed by atoms with van der Waals surface area (Å²) in [6.07, 6.45) is -4.79. The number of nitrogens with one attached hydrogen (secondary N) is 1. The van der Waals surface area contributed by atoms with Crippen molar-refractivity contribution in [3.05, 3.63) is 53.8 Å². The van der Waals surface area contributed by atoms with Crippen molar-refractivity contribution < 1.29 is 30.7 Å². The van der Waals surface area contributed by atoms with Crippen molar-refractivity contribution >= 4 is 15.7 Å². The summed E-state index contributed by atoms with van der Waals surface area (Å²) >= 11 is 0. The lowest BCUT2D eigenvalue weighted by Crippen LogP contribution is -2.14. The zero-order valence-corrected chi connectivity index (χ0v) is 12.5. The van der Waals surface area contributed by atoms with Gasteiger partial charge in [-0.05, 0) is 42.5 Å². The maximum atomic E-state index is 13.3. The molecule has 0 amide bonds. The molecule has 0 unspecified atom stereocenters. The van der Waals surface area contributed by atoms with Gasteiger partial charge in [-0.15, -0.1) is 0 Å². The Balaban J connectivity index is 2.35. The van der Waals surface area contributed by atoms with Crippen LogP contribution in [0.2, 0.25) is 0 Å². The molecular weight excluding hydrogens is 338 g/mol. The predicted molar refractivity (Wildman–Crippen MR) is 75.2 cm³/mol. The van der Waals surface area contributed by atoms with Crippen LogP contribution < -0.4 is 9.46 Å². The Morgan fingerprint density at radius 2 is 1.65 bits per heavy atom. The number of ether oxygens (including phenoxy) is 1. The fourth-order valence-corrected chi connectivity index (χ4v) is 2.82. The molecule has 2 aromatic rings. The SMILES string of the molecule is COc1ccc(S(=O)(=O)Nc2cc(F)cc(C(F)(F)F)c2)cc1. The zero-order chi connectivity index (χ0) is 17.3. The number of sulfonamides is 1.